The first-order valence-corrected chi connectivity index (χ1v) is 13.3. The Morgan fingerprint density at radius 2 is 1.53 bits per heavy atom. The van der Waals surface area contributed by atoms with Gasteiger partial charge in [-0.15, -0.1) is 5.10 Å². The number of rotatable bonds is 9. The average Bonchev–Trinajstić information content (AvgIpc) is 3.43. The van der Waals surface area contributed by atoms with E-state index in [1.54, 1.807) is 18.0 Å². The minimum Gasteiger partial charge on any atom is -0.497 e. The molecule has 1 amide bonds. The van der Waals surface area contributed by atoms with Crippen LogP contribution in [-0.2, 0) is 6.54 Å². The van der Waals surface area contributed by atoms with Crippen molar-refractivity contribution >= 4 is 11.6 Å². The Morgan fingerprint density at radius 3 is 2.16 bits per heavy atom. The van der Waals surface area contributed by atoms with E-state index in [4.69, 9.17) is 9.47 Å². The molecular weight excluding hydrogens is 476 g/mol. The summed E-state index contributed by atoms with van der Waals surface area (Å²) in [7, 11) is 1.64. The molecule has 7 nitrogen and oxygen atoms in total. The van der Waals surface area contributed by atoms with Crippen molar-refractivity contribution in [1.82, 2.24) is 15.0 Å². The van der Waals surface area contributed by atoms with Crippen molar-refractivity contribution in [2.24, 2.45) is 5.92 Å². The van der Waals surface area contributed by atoms with Crippen molar-refractivity contribution < 1.29 is 14.3 Å². The number of methoxy groups -OCH3 is 1. The molecule has 1 aromatic heterocycles. The molecule has 3 aromatic carbocycles. The van der Waals surface area contributed by atoms with Gasteiger partial charge < -0.3 is 14.8 Å². The van der Waals surface area contributed by atoms with Gasteiger partial charge in [0.1, 0.15) is 11.5 Å². The summed E-state index contributed by atoms with van der Waals surface area (Å²) in [5, 5.41) is 11.0. The van der Waals surface area contributed by atoms with Crippen molar-refractivity contribution in [3.63, 3.8) is 0 Å². The molecule has 1 heterocycles. The lowest BCUT2D eigenvalue weighted by atomic mass is 9.86. The number of aromatic nitrogens is 3. The number of amides is 1. The lowest BCUT2D eigenvalue weighted by molar-refractivity contribution is 0.102. The first-order chi connectivity index (χ1) is 18.6. The van der Waals surface area contributed by atoms with E-state index in [0.29, 0.717) is 18.3 Å². The highest BCUT2D eigenvalue weighted by molar-refractivity contribution is 6.02. The summed E-state index contributed by atoms with van der Waals surface area (Å²) in [6.45, 7) is 2.80. The second-order valence-corrected chi connectivity index (χ2v) is 9.87. The van der Waals surface area contributed by atoms with Crippen LogP contribution < -0.4 is 14.8 Å². The first kappa shape index (κ1) is 25.5. The molecule has 0 bridgehead atoms. The summed E-state index contributed by atoms with van der Waals surface area (Å²) in [5.41, 5.74) is 4.18. The molecule has 0 aliphatic heterocycles. The van der Waals surface area contributed by atoms with Gasteiger partial charge >= 0.3 is 0 Å². The molecule has 196 valence electrons. The number of nitrogens with one attached hydrogen (secondary N) is 1. The summed E-state index contributed by atoms with van der Waals surface area (Å²) in [6, 6.07) is 23.8. The largest absolute Gasteiger partial charge is 0.497 e. The Labute approximate surface area is 223 Å². The quantitative estimate of drug-likeness (QED) is 0.274. The van der Waals surface area contributed by atoms with Crippen molar-refractivity contribution in [2.45, 2.75) is 51.7 Å². The normalized spacial score (nSPS) is 17.1. The lowest BCUT2D eigenvalue weighted by Gasteiger charge is -2.28. The third-order valence-corrected chi connectivity index (χ3v) is 7.28. The summed E-state index contributed by atoms with van der Waals surface area (Å²) in [4.78, 5) is 12.7. The zero-order valence-corrected chi connectivity index (χ0v) is 22.0. The van der Waals surface area contributed by atoms with Crippen LogP contribution in [0.2, 0.25) is 0 Å². The number of ether oxygens (including phenoxy) is 2. The highest BCUT2D eigenvalue weighted by Gasteiger charge is 2.21. The van der Waals surface area contributed by atoms with Gasteiger partial charge in [0.05, 0.1) is 26.0 Å². The van der Waals surface area contributed by atoms with Gasteiger partial charge in [0.2, 0.25) is 0 Å². The number of carbonyl (C=O) groups excluding carboxylic acids is 1. The van der Waals surface area contributed by atoms with Gasteiger partial charge in [0, 0.05) is 5.69 Å². The van der Waals surface area contributed by atoms with E-state index in [-0.39, 0.29) is 11.6 Å². The zero-order chi connectivity index (χ0) is 26.3. The minimum atomic E-state index is -0.298. The minimum absolute atomic E-state index is 0.265. The molecule has 1 N–H and O–H groups in total. The molecular formula is C31H34N4O3. The number of carbonyl (C=O) groups is 1. The van der Waals surface area contributed by atoms with Gasteiger partial charge in [-0.25, -0.2) is 4.68 Å². The van der Waals surface area contributed by atoms with Gasteiger partial charge in [-0.05, 0) is 84.7 Å². The SMILES string of the molecule is CCC1CCC(Oc2ccc(-c3ccc(NC(=O)c4cn(Cc5ccc(OC)cc5)nn4)cc3)cc2)CC1. The topological polar surface area (TPSA) is 78.3 Å². The van der Waals surface area contributed by atoms with E-state index in [2.05, 4.69) is 34.7 Å². The Morgan fingerprint density at radius 1 is 0.895 bits per heavy atom. The maximum atomic E-state index is 12.7. The van der Waals surface area contributed by atoms with E-state index in [0.717, 1.165) is 46.9 Å². The highest BCUT2D eigenvalue weighted by Crippen LogP contribution is 2.30. The van der Waals surface area contributed by atoms with E-state index in [1.165, 1.54) is 19.3 Å². The molecule has 1 saturated carbocycles. The second-order valence-electron chi connectivity index (χ2n) is 9.87. The maximum absolute atomic E-state index is 12.7. The number of anilines is 1. The number of benzene rings is 3. The molecule has 0 radical (unpaired) electrons. The predicted octanol–water partition coefficient (Wildman–Crippen LogP) is 6.60. The summed E-state index contributed by atoms with van der Waals surface area (Å²) in [6.07, 6.45) is 8.08. The molecule has 5 rings (SSSR count). The molecule has 7 heteroatoms. The van der Waals surface area contributed by atoms with Crippen LogP contribution in [0.5, 0.6) is 11.5 Å². The fourth-order valence-electron chi connectivity index (χ4n) is 4.92. The molecule has 0 saturated heterocycles. The van der Waals surface area contributed by atoms with Crippen molar-refractivity contribution in [3.8, 4) is 22.6 Å². The smallest absolute Gasteiger partial charge is 0.277 e. The van der Waals surface area contributed by atoms with Gasteiger partial charge in [-0.2, -0.15) is 0 Å². The van der Waals surface area contributed by atoms with Crippen molar-refractivity contribution in [2.75, 3.05) is 12.4 Å². The molecule has 1 aliphatic carbocycles. The monoisotopic (exact) mass is 510 g/mol. The molecule has 0 atom stereocenters. The third-order valence-electron chi connectivity index (χ3n) is 7.28. The second kappa shape index (κ2) is 11.9. The Kier molecular flexibility index (Phi) is 8.02. The van der Waals surface area contributed by atoms with Crippen molar-refractivity contribution in [1.29, 1.82) is 0 Å². The van der Waals surface area contributed by atoms with Crippen LogP contribution in [-0.4, -0.2) is 34.1 Å². The molecule has 1 fully saturated rings. The molecule has 4 aromatic rings. The standard InChI is InChI=1S/C31H34N4O3/c1-3-22-4-16-28(17-5-22)38-29-18-10-25(11-19-29)24-8-12-26(13-9-24)32-31(36)30-21-35(34-33-30)20-23-6-14-27(37-2)15-7-23/h6-15,18-19,21-22,28H,3-5,16-17,20H2,1-2H3,(H,32,36). The number of nitrogens with zero attached hydrogens (tertiary/aromatic N) is 3. The van der Waals surface area contributed by atoms with Crippen LogP contribution in [0, 0.1) is 5.92 Å². The fraction of sp³-hybridized carbons (Fsp3) is 0.323. The van der Waals surface area contributed by atoms with Crippen molar-refractivity contribution in [3.05, 3.63) is 90.3 Å². The van der Waals surface area contributed by atoms with Gasteiger partial charge in [0.15, 0.2) is 5.69 Å². The van der Waals surface area contributed by atoms with Gasteiger partial charge in [-0.3, -0.25) is 4.79 Å². The van der Waals surface area contributed by atoms with Crippen LogP contribution in [0.15, 0.2) is 79.0 Å². The maximum Gasteiger partial charge on any atom is 0.277 e. The number of hydrogen-bond acceptors (Lipinski definition) is 5. The highest BCUT2D eigenvalue weighted by atomic mass is 16.5. The van der Waals surface area contributed by atoms with Crippen LogP contribution in [0.3, 0.4) is 0 Å². The van der Waals surface area contributed by atoms with E-state index in [1.807, 2.05) is 60.7 Å². The fourth-order valence-corrected chi connectivity index (χ4v) is 4.92. The van der Waals surface area contributed by atoms with Crippen LogP contribution in [0.4, 0.5) is 5.69 Å². The molecule has 0 unspecified atom stereocenters. The first-order valence-electron chi connectivity index (χ1n) is 13.3. The van der Waals surface area contributed by atoms with Gasteiger partial charge in [0.25, 0.3) is 5.91 Å². The zero-order valence-electron chi connectivity index (χ0n) is 22.0. The van der Waals surface area contributed by atoms with E-state index < -0.39 is 0 Å². The predicted molar refractivity (Wildman–Crippen MR) is 149 cm³/mol. The molecule has 38 heavy (non-hydrogen) atoms. The van der Waals surface area contributed by atoms with Gasteiger partial charge in [-0.1, -0.05) is 55.0 Å². The molecule has 1 aliphatic rings. The van der Waals surface area contributed by atoms with E-state index in [9.17, 15) is 4.79 Å². The Bertz CT molecular complexity index is 1320. The van der Waals surface area contributed by atoms with E-state index >= 15 is 0 Å². The molecule has 0 spiro atoms. The van der Waals surface area contributed by atoms with Crippen LogP contribution >= 0.6 is 0 Å². The third kappa shape index (κ3) is 6.40. The summed E-state index contributed by atoms with van der Waals surface area (Å²) in [5.74, 6) is 2.29. The number of hydrogen-bond donors (Lipinski definition) is 1. The summed E-state index contributed by atoms with van der Waals surface area (Å²) < 4.78 is 13.1. The van der Waals surface area contributed by atoms with Crippen LogP contribution in [0.1, 0.15) is 55.1 Å². The Balaban J connectivity index is 1.14. The average molecular weight is 511 g/mol. The Hall–Kier alpha value is -4.13. The van der Waals surface area contributed by atoms with Crippen LogP contribution in [0.25, 0.3) is 11.1 Å². The lowest BCUT2D eigenvalue weighted by Crippen LogP contribution is -2.23. The summed E-state index contributed by atoms with van der Waals surface area (Å²) >= 11 is 0.